The zero-order valence-electron chi connectivity index (χ0n) is 10.1. The number of aromatic nitrogens is 2. The summed E-state index contributed by atoms with van der Waals surface area (Å²) in [5.41, 5.74) is 7.03. The van der Waals surface area contributed by atoms with Gasteiger partial charge < -0.3 is 10.5 Å². The summed E-state index contributed by atoms with van der Waals surface area (Å²) in [5.74, 6) is 0. The molecule has 1 aromatic heterocycles. The van der Waals surface area contributed by atoms with E-state index < -0.39 is 0 Å². The summed E-state index contributed by atoms with van der Waals surface area (Å²) in [6, 6.07) is -0.222. The summed E-state index contributed by atoms with van der Waals surface area (Å²) in [5, 5.41) is 4.70. The van der Waals surface area contributed by atoms with Crippen molar-refractivity contribution in [1.82, 2.24) is 9.78 Å². The molecule has 16 heavy (non-hydrogen) atoms. The molecule has 1 heterocycles. The number of hydrogen-bond donors (Lipinski definition) is 1. The highest BCUT2D eigenvalue weighted by molar-refractivity contribution is 6.31. The molecule has 0 amide bonds. The van der Waals surface area contributed by atoms with Gasteiger partial charge in [-0.05, 0) is 13.3 Å². The molecule has 0 aliphatic rings. The maximum absolute atomic E-state index is 6.19. The minimum Gasteiger partial charge on any atom is -0.376 e. The molecule has 2 unspecified atom stereocenters. The number of nitrogens with zero attached hydrogens (tertiary/aromatic N) is 2. The fourth-order valence-electron chi connectivity index (χ4n) is 1.84. The van der Waals surface area contributed by atoms with Gasteiger partial charge in [0, 0.05) is 13.7 Å². The second-order valence-electron chi connectivity index (χ2n) is 3.81. The van der Waals surface area contributed by atoms with Crippen LogP contribution in [0, 0.1) is 0 Å². The molecule has 0 spiro atoms. The Balaban J connectivity index is 2.84. The third-order valence-corrected chi connectivity index (χ3v) is 2.90. The van der Waals surface area contributed by atoms with Crippen molar-refractivity contribution in [2.75, 3.05) is 6.61 Å². The Labute approximate surface area is 102 Å². The van der Waals surface area contributed by atoms with E-state index in [1.165, 1.54) is 0 Å². The molecule has 1 aromatic rings. The maximum atomic E-state index is 6.19. The second-order valence-corrected chi connectivity index (χ2v) is 4.22. The summed E-state index contributed by atoms with van der Waals surface area (Å²) in [7, 11) is 1.84. The van der Waals surface area contributed by atoms with E-state index in [9.17, 15) is 0 Å². The molecule has 2 N–H and O–H groups in total. The second kappa shape index (κ2) is 6.23. The van der Waals surface area contributed by atoms with Crippen molar-refractivity contribution >= 4 is 11.6 Å². The smallest absolute Gasteiger partial charge is 0.0834 e. The molecule has 4 nitrogen and oxygen atoms in total. The van der Waals surface area contributed by atoms with Crippen LogP contribution in [0.3, 0.4) is 0 Å². The van der Waals surface area contributed by atoms with Crippen molar-refractivity contribution in [3.8, 4) is 0 Å². The van der Waals surface area contributed by atoms with Crippen LogP contribution in [-0.2, 0) is 11.8 Å². The van der Waals surface area contributed by atoms with E-state index in [0.717, 1.165) is 18.5 Å². The van der Waals surface area contributed by atoms with Crippen LogP contribution < -0.4 is 5.73 Å². The first-order valence-corrected chi connectivity index (χ1v) is 6.04. The number of aryl methyl sites for hydroxylation is 1. The van der Waals surface area contributed by atoms with Crippen LogP contribution >= 0.6 is 11.6 Å². The van der Waals surface area contributed by atoms with E-state index in [1.807, 2.05) is 14.0 Å². The summed E-state index contributed by atoms with van der Waals surface area (Å²) >= 11 is 6.07. The fourth-order valence-corrected chi connectivity index (χ4v) is 2.13. The van der Waals surface area contributed by atoms with Gasteiger partial charge in [-0.15, -0.1) is 0 Å². The molecular formula is C11H20ClN3O. The molecule has 0 saturated heterocycles. The number of halogens is 1. The average molecular weight is 246 g/mol. The van der Waals surface area contributed by atoms with Crippen molar-refractivity contribution in [3.05, 3.63) is 16.9 Å². The lowest BCUT2D eigenvalue weighted by Gasteiger charge is -2.23. The highest BCUT2D eigenvalue weighted by Crippen LogP contribution is 2.26. The third kappa shape index (κ3) is 2.97. The number of ether oxygens (including phenoxy) is 1. The van der Waals surface area contributed by atoms with Crippen LogP contribution in [0.1, 0.15) is 38.4 Å². The standard InChI is InChI=1S/C11H20ClN3O/c1-4-6-9(16-5-2)10(13)11-8(12)7-14-15(11)3/h7,9-10H,4-6,13H2,1-3H3. The van der Waals surface area contributed by atoms with Crippen molar-refractivity contribution in [1.29, 1.82) is 0 Å². The molecule has 0 aliphatic carbocycles. The first-order chi connectivity index (χ1) is 7.61. The summed E-state index contributed by atoms with van der Waals surface area (Å²) in [4.78, 5) is 0. The Hall–Kier alpha value is -0.580. The first kappa shape index (κ1) is 13.5. The molecule has 0 aliphatic heterocycles. The lowest BCUT2D eigenvalue weighted by Crippen LogP contribution is -2.31. The van der Waals surface area contributed by atoms with Gasteiger partial charge in [-0.2, -0.15) is 5.10 Å². The average Bonchev–Trinajstić information content (AvgIpc) is 2.57. The molecule has 1 rings (SSSR count). The van der Waals surface area contributed by atoms with Crippen molar-refractivity contribution in [2.45, 2.75) is 38.8 Å². The Morgan fingerprint density at radius 2 is 2.25 bits per heavy atom. The van der Waals surface area contributed by atoms with Gasteiger partial charge in [-0.1, -0.05) is 24.9 Å². The molecule has 5 heteroatoms. The van der Waals surface area contributed by atoms with Gasteiger partial charge in [0.1, 0.15) is 0 Å². The lowest BCUT2D eigenvalue weighted by molar-refractivity contribution is 0.0357. The summed E-state index contributed by atoms with van der Waals surface area (Å²) < 4.78 is 7.37. The Morgan fingerprint density at radius 1 is 1.56 bits per heavy atom. The van der Waals surface area contributed by atoms with Crippen LogP contribution in [-0.4, -0.2) is 22.5 Å². The van der Waals surface area contributed by atoms with Gasteiger partial charge in [-0.25, -0.2) is 0 Å². The van der Waals surface area contributed by atoms with Crippen LogP contribution in [0.2, 0.25) is 5.02 Å². The quantitative estimate of drug-likeness (QED) is 0.837. The van der Waals surface area contributed by atoms with Crippen LogP contribution in [0.15, 0.2) is 6.20 Å². The maximum Gasteiger partial charge on any atom is 0.0834 e. The summed E-state index contributed by atoms with van der Waals surface area (Å²) in [6.45, 7) is 4.75. The van der Waals surface area contributed by atoms with E-state index >= 15 is 0 Å². The summed E-state index contributed by atoms with van der Waals surface area (Å²) in [6.07, 6.45) is 3.58. The van der Waals surface area contributed by atoms with E-state index in [-0.39, 0.29) is 12.1 Å². The molecule has 0 bridgehead atoms. The molecule has 92 valence electrons. The number of rotatable bonds is 6. The van der Waals surface area contributed by atoms with Crippen LogP contribution in [0.4, 0.5) is 0 Å². The van der Waals surface area contributed by atoms with E-state index in [1.54, 1.807) is 10.9 Å². The molecular weight excluding hydrogens is 226 g/mol. The zero-order valence-corrected chi connectivity index (χ0v) is 10.9. The van der Waals surface area contributed by atoms with Crippen LogP contribution in [0.25, 0.3) is 0 Å². The highest BCUT2D eigenvalue weighted by atomic mass is 35.5. The largest absolute Gasteiger partial charge is 0.376 e. The topological polar surface area (TPSA) is 53.1 Å². The molecule has 2 atom stereocenters. The van der Waals surface area contributed by atoms with Crippen LogP contribution in [0.5, 0.6) is 0 Å². The lowest BCUT2D eigenvalue weighted by atomic mass is 10.0. The normalized spacial score (nSPS) is 15.1. The highest BCUT2D eigenvalue weighted by Gasteiger charge is 2.24. The van der Waals surface area contributed by atoms with Gasteiger partial charge in [0.05, 0.1) is 29.1 Å². The minimum absolute atomic E-state index is 0.00269. The van der Waals surface area contributed by atoms with E-state index in [0.29, 0.717) is 11.6 Å². The molecule has 0 saturated carbocycles. The Bertz CT molecular complexity index is 302. The predicted molar refractivity (Wildman–Crippen MR) is 65.5 cm³/mol. The van der Waals surface area contributed by atoms with Crippen molar-refractivity contribution in [3.63, 3.8) is 0 Å². The van der Waals surface area contributed by atoms with E-state index in [4.69, 9.17) is 22.1 Å². The third-order valence-electron chi connectivity index (χ3n) is 2.61. The van der Waals surface area contributed by atoms with Gasteiger partial charge in [0.25, 0.3) is 0 Å². The van der Waals surface area contributed by atoms with E-state index in [2.05, 4.69) is 12.0 Å². The monoisotopic (exact) mass is 245 g/mol. The van der Waals surface area contributed by atoms with Crippen molar-refractivity contribution in [2.24, 2.45) is 12.8 Å². The van der Waals surface area contributed by atoms with Gasteiger partial charge in [0.15, 0.2) is 0 Å². The zero-order chi connectivity index (χ0) is 12.1. The first-order valence-electron chi connectivity index (χ1n) is 5.66. The predicted octanol–water partition coefficient (Wildman–Crippen LogP) is 2.28. The Morgan fingerprint density at radius 3 is 2.69 bits per heavy atom. The number of hydrogen-bond acceptors (Lipinski definition) is 3. The van der Waals surface area contributed by atoms with Crippen molar-refractivity contribution < 1.29 is 4.74 Å². The minimum atomic E-state index is -0.222. The molecule has 0 radical (unpaired) electrons. The number of nitrogens with two attached hydrogens (primary N) is 1. The Kier molecular flexibility index (Phi) is 5.25. The molecule has 0 fully saturated rings. The SMILES string of the molecule is CCCC(OCC)C(N)c1c(Cl)cnn1C. The van der Waals surface area contributed by atoms with Gasteiger partial charge in [0.2, 0.25) is 0 Å². The van der Waals surface area contributed by atoms with Gasteiger partial charge >= 0.3 is 0 Å². The fraction of sp³-hybridized carbons (Fsp3) is 0.727. The van der Waals surface area contributed by atoms with Gasteiger partial charge in [-0.3, -0.25) is 4.68 Å². The molecule has 0 aromatic carbocycles.